The molecule has 6 nitrogen and oxygen atoms in total. The highest BCUT2D eigenvalue weighted by Crippen LogP contribution is 2.46. The molecule has 2 aromatic heterocycles. The second kappa shape index (κ2) is 8.70. The van der Waals surface area contributed by atoms with Crippen LogP contribution >= 0.6 is 22.7 Å². The highest BCUT2D eigenvalue weighted by atomic mass is 32.1. The molecule has 34 heavy (non-hydrogen) atoms. The van der Waals surface area contributed by atoms with E-state index in [0.717, 1.165) is 28.6 Å². The third kappa shape index (κ3) is 4.95. The van der Waals surface area contributed by atoms with Gasteiger partial charge < -0.3 is 15.0 Å². The average molecular weight is 510 g/mol. The summed E-state index contributed by atoms with van der Waals surface area (Å²) in [5.74, 6) is -0.413. The molecular weight excluding hydrogens is 487 g/mol. The normalized spacial score (nSPS) is 14.1. The summed E-state index contributed by atoms with van der Waals surface area (Å²) in [5.41, 5.74) is 0.435. The van der Waals surface area contributed by atoms with Crippen molar-refractivity contribution in [3.05, 3.63) is 46.9 Å². The number of hydrogen-bond donors (Lipinski definition) is 1. The number of rotatable bonds is 3. The number of nitrogens with one attached hydrogen (secondary N) is 1. The van der Waals surface area contributed by atoms with Gasteiger partial charge in [-0.25, -0.2) is 9.78 Å². The number of carbonyl (C=O) groups is 2. The summed E-state index contributed by atoms with van der Waals surface area (Å²) < 4.78 is 45.5. The van der Waals surface area contributed by atoms with Crippen LogP contribution in [0.25, 0.3) is 20.8 Å². The molecule has 3 aromatic rings. The predicted octanol–water partition coefficient (Wildman–Crippen LogP) is 6.46. The number of halogens is 3. The lowest BCUT2D eigenvalue weighted by atomic mass is 10.0. The number of alkyl halides is 3. The third-order valence-electron chi connectivity index (χ3n) is 5.06. The van der Waals surface area contributed by atoms with Gasteiger partial charge in [0.2, 0.25) is 5.91 Å². The van der Waals surface area contributed by atoms with Crippen LogP contribution in [0.15, 0.2) is 30.9 Å². The van der Waals surface area contributed by atoms with E-state index in [1.807, 2.05) is 0 Å². The Morgan fingerprint density at radius 2 is 1.97 bits per heavy atom. The molecule has 0 unspecified atom stereocenters. The Kier molecular flexibility index (Phi) is 6.19. The second-order valence-corrected chi connectivity index (χ2v) is 10.9. The number of ether oxygens (including phenoxy) is 1. The first-order valence-corrected chi connectivity index (χ1v) is 12.0. The van der Waals surface area contributed by atoms with Gasteiger partial charge in [0.05, 0.1) is 22.3 Å². The summed E-state index contributed by atoms with van der Waals surface area (Å²) in [6.45, 7) is 9.57. The van der Waals surface area contributed by atoms with Crippen molar-refractivity contribution < 1.29 is 27.5 Å². The fourth-order valence-corrected chi connectivity index (χ4v) is 5.93. The van der Waals surface area contributed by atoms with Crippen molar-refractivity contribution in [1.29, 1.82) is 0 Å². The predicted molar refractivity (Wildman–Crippen MR) is 127 cm³/mol. The molecule has 180 valence electrons. The molecule has 0 atom stereocenters. The Morgan fingerprint density at radius 3 is 2.62 bits per heavy atom. The molecule has 0 radical (unpaired) electrons. The highest BCUT2D eigenvalue weighted by molar-refractivity contribution is 7.23. The van der Waals surface area contributed by atoms with Gasteiger partial charge in [0.15, 0.2) is 0 Å². The number of hydrogen-bond acceptors (Lipinski definition) is 6. The number of anilines is 1. The number of amides is 2. The van der Waals surface area contributed by atoms with Gasteiger partial charge in [-0.3, -0.25) is 4.79 Å². The summed E-state index contributed by atoms with van der Waals surface area (Å²) in [6, 6.07) is 3.47. The minimum atomic E-state index is -4.46. The van der Waals surface area contributed by atoms with Crippen LogP contribution in [-0.4, -0.2) is 34.0 Å². The fraction of sp³-hybridized carbons (Fsp3) is 0.348. The average Bonchev–Trinajstić information content (AvgIpc) is 3.30. The minimum absolute atomic E-state index is 0.238. The molecule has 0 saturated carbocycles. The maximum absolute atomic E-state index is 13.2. The van der Waals surface area contributed by atoms with E-state index in [2.05, 4.69) is 16.9 Å². The Bertz CT molecular complexity index is 1290. The zero-order valence-corrected chi connectivity index (χ0v) is 20.3. The monoisotopic (exact) mass is 509 g/mol. The first-order valence-electron chi connectivity index (χ1n) is 10.4. The van der Waals surface area contributed by atoms with Crippen molar-refractivity contribution >= 4 is 49.9 Å². The van der Waals surface area contributed by atoms with E-state index in [0.29, 0.717) is 39.8 Å². The Labute approximate surface area is 202 Å². The molecule has 1 aliphatic heterocycles. The van der Waals surface area contributed by atoms with Crippen molar-refractivity contribution in [3.8, 4) is 10.6 Å². The quantitative estimate of drug-likeness (QED) is 0.411. The molecule has 11 heteroatoms. The van der Waals surface area contributed by atoms with Crippen molar-refractivity contribution in [2.24, 2.45) is 0 Å². The number of carbonyl (C=O) groups excluding carboxylic acids is 2. The minimum Gasteiger partial charge on any atom is -0.444 e. The largest absolute Gasteiger partial charge is 0.444 e. The molecule has 1 aromatic carbocycles. The Morgan fingerprint density at radius 1 is 1.24 bits per heavy atom. The number of aromatic nitrogens is 1. The topological polar surface area (TPSA) is 71.5 Å². The lowest BCUT2D eigenvalue weighted by Crippen LogP contribution is -2.39. The van der Waals surface area contributed by atoms with E-state index in [1.165, 1.54) is 28.7 Å². The third-order valence-corrected chi connectivity index (χ3v) is 7.25. The molecule has 3 heterocycles. The number of benzene rings is 1. The molecule has 2 amide bonds. The number of thiazole rings is 1. The lowest BCUT2D eigenvalue weighted by Gasteiger charge is -2.30. The van der Waals surface area contributed by atoms with Crippen LogP contribution in [-0.2, 0) is 28.7 Å². The van der Waals surface area contributed by atoms with Gasteiger partial charge in [0.25, 0.3) is 0 Å². The number of nitrogens with zero attached hydrogens (tertiary/aromatic N) is 2. The maximum Gasteiger partial charge on any atom is 0.416 e. The van der Waals surface area contributed by atoms with Crippen LogP contribution in [0.4, 0.5) is 23.0 Å². The molecule has 4 rings (SSSR count). The smallest absolute Gasteiger partial charge is 0.416 e. The van der Waals surface area contributed by atoms with Gasteiger partial charge in [0.1, 0.15) is 15.6 Å². The highest BCUT2D eigenvalue weighted by Gasteiger charge is 2.33. The van der Waals surface area contributed by atoms with Gasteiger partial charge in [0, 0.05) is 17.0 Å². The molecule has 1 aliphatic rings. The lowest BCUT2D eigenvalue weighted by molar-refractivity contribution is -0.137. The molecule has 0 spiro atoms. The zero-order valence-electron chi connectivity index (χ0n) is 18.7. The van der Waals surface area contributed by atoms with E-state index in [1.54, 1.807) is 25.7 Å². The summed E-state index contributed by atoms with van der Waals surface area (Å²) >= 11 is 2.57. The first kappa shape index (κ1) is 24.2. The molecule has 0 fully saturated rings. The van der Waals surface area contributed by atoms with E-state index >= 15 is 0 Å². The van der Waals surface area contributed by atoms with Crippen LogP contribution in [0.1, 0.15) is 36.8 Å². The van der Waals surface area contributed by atoms with Crippen LogP contribution in [0.5, 0.6) is 0 Å². The zero-order chi connectivity index (χ0) is 24.8. The second-order valence-electron chi connectivity index (χ2n) is 8.75. The van der Waals surface area contributed by atoms with Gasteiger partial charge in [-0.1, -0.05) is 6.58 Å². The van der Waals surface area contributed by atoms with Crippen LogP contribution in [0.2, 0.25) is 0 Å². The number of thiophene rings is 1. The van der Waals surface area contributed by atoms with E-state index in [4.69, 9.17) is 4.74 Å². The van der Waals surface area contributed by atoms with Crippen molar-refractivity contribution in [1.82, 2.24) is 9.88 Å². The molecule has 0 saturated heterocycles. The summed E-state index contributed by atoms with van der Waals surface area (Å²) in [5, 5.41) is 3.83. The van der Waals surface area contributed by atoms with Crippen molar-refractivity contribution in [2.45, 2.75) is 45.5 Å². The van der Waals surface area contributed by atoms with Crippen molar-refractivity contribution in [3.63, 3.8) is 0 Å². The molecule has 0 bridgehead atoms. The van der Waals surface area contributed by atoms with Crippen LogP contribution in [0.3, 0.4) is 0 Å². The Hall–Kier alpha value is -2.92. The van der Waals surface area contributed by atoms with E-state index < -0.39 is 29.3 Å². The van der Waals surface area contributed by atoms with Crippen molar-refractivity contribution in [2.75, 3.05) is 11.9 Å². The van der Waals surface area contributed by atoms with Gasteiger partial charge in [-0.05, 0) is 57.0 Å². The summed E-state index contributed by atoms with van der Waals surface area (Å²) in [6.07, 6.45) is -3.25. The van der Waals surface area contributed by atoms with Gasteiger partial charge >= 0.3 is 12.3 Å². The summed E-state index contributed by atoms with van der Waals surface area (Å²) in [7, 11) is 0. The van der Waals surface area contributed by atoms with Gasteiger partial charge in [-0.2, -0.15) is 13.2 Å². The SMILES string of the molecule is C=CC(=O)Nc1sc2c(c1-c1nc3cc(C(F)(F)F)ccc3s1)CCN(C(=O)OC(C)(C)C)C2. The maximum atomic E-state index is 13.2. The Balaban J connectivity index is 1.75. The van der Waals surface area contributed by atoms with E-state index in [9.17, 15) is 22.8 Å². The molecule has 1 N–H and O–H groups in total. The molecule has 0 aliphatic carbocycles. The van der Waals surface area contributed by atoms with Crippen LogP contribution < -0.4 is 5.32 Å². The van der Waals surface area contributed by atoms with Gasteiger partial charge in [-0.15, -0.1) is 22.7 Å². The van der Waals surface area contributed by atoms with E-state index in [-0.39, 0.29) is 5.52 Å². The number of fused-ring (bicyclic) bond motifs is 2. The van der Waals surface area contributed by atoms with Crippen LogP contribution in [0, 0.1) is 0 Å². The fourth-order valence-electron chi connectivity index (χ4n) is 3.57. The molecular formula is C23H22F3N3O3S2. The summed E-state index contributed by atoms with van der Waals surface area (Å²) in [4.78, 5) is 31.6. The standard InChI is InChI=1S/C23H22F3N3O3S2/c1-5-17(30)28-20-18(19-27-14-10-12(23(24,25)26)6-7-15(14)33-19)13-8-9-29(11-16(13)34-20)21(31)32-22(2,3)4/h5-7,10H,1,8-9,11H2,2-4H3,(H,28,30). The first-order chi connectivity index (χ1) is 15.9.